The second kappa shape index (κ2) is 8.58. The summed E-state index contributed by atoms with van der Waals surface area (Å²) in [5.74, 6) is 0.153. The van der Waals surface area contributed by atoms with Crippen LogP contribution < -0.4 is 10.1 Å². The lowest BCUT2D eigenvalue weighted by atomic mass is 10.1. The van der Waals surface area contributed by atoms with Crippen molar-refractivity contribution in [1.82, 2.24) is 5.32 Å². The van der Waals surface area contributed by atoms with Crippen molar-refractivity contribution in [1.29, 1.82) is 0 Å². The Morgan fingerprint density at radius 1 is 1.00 bits per heavy atom. The third-order valence-corrected chi connectivity index (χ3v) is 3.24. The summed E-state index contributed by atoms with van der Waals surface area (Å²) in [7, 11) is 1.32. The Morgan fingerprint density at radius 2 is 1.70 bits per heavy atom. The van der Waals surface area contributed by atoms with E-state index in [0.717, 1.165) is 11.3 Å². The quantitative estimate of drug-likeness (QED) is 0.798. The SMILES string of the molecule is COC(=O)CCNC(=O)c1ccccc1COc1ccccc1. The van der Waals surface area contributed by atoms with Gasteiger partial charge in [-0.2, -0.15) is 0 Å². The molecule has 0 radical (unpaired) electrons. The normalized spacial score (nSPS) is 9.96. The maximum Gasteiger partial charge on any atom is 0.307 e. The molecule has 0 aliphatic heterocycles. The fourth-order valence-corrected chi connectivity index (χ4v) is 2.02. The summed E-state index contributed by atoms with van der Waals surface area (Å²) < 4.78 is 10.2. The zero-order valence-electron chi connectivity index (χ0n) is 13.0. The molecule has 0 atom stereocenters. The van der Waals surface area contributed by atoms with Crippen molar-refractivity contribution in [2.45, 2.75) is 13.0 Å². The predicted molar refractivity (Wildman–Crippen MR) is 86.2 cm³/mol. The van der Waals surface area contributed by atoms with Gasteiger partial charge in [0.1, 0.15) is 12.4 Å². The minimum absolute atomic E-state index is 0.144. The number of hydrogen-bond acceptors (Lipinski definition) is 4. The fraction of sp³-hybridized carbons (Fsp3) is 0.222. The molecule has 0 bridgehead atoms. The van der Waals surface area contributed by atoms with Crippen molar-refractivity contribution in [3.05, 3.63) is 65.7 Å². The van der Waals surface area contributed by atoms with Crippen molar-refractivity contribution < 1.29 is 19.1 Å². The lowest BCUT2D eigenvalue weighted by molar-refractivity contribution is -0.140. The van der Waals surface area contributed by atoms with E-state index in [1.165, 1.54) is 7.11 Å². The molecule has 2 rings (SSSR count). The highest BCUT2D eigenvalue weighted by Crippen LogP contribution is 2.14. The standard InChI is InChI=1S/C18H19NO4/c1-22-17(20)11-12-19-18(21)16-10-6-5-7-14(16)13-23-15-8-3-2-4-9-15/h2-10H,11-13H2,1H3,(H,19,21). The Bertz CT molecular complexity index is 655. The number of carbonyl (C=O) groups excluding carboxylic acids is 2. The predicted octanol–water partition coefficient (Wildman–Crippen LogP) is 2.56. The van der Waals surface area contributed by atoms with E-state index in [4.69, 9.17) is 4.74 Å². The molecule has 1 amide bonds. The second-order valence-corrected chi connectivity index (χ2v) is 4.84. The molecular weight excluding hydrogens is 294 g/mol. The zero-order chi connectivity index (χ0) is 16.5. The largest absolute Gasteiger partial charge is 0.489 e. The molecule has 0 spiro atoms. The number of methoxy groups -OCH3 is 1. The molecule has 0 aromatic heterocycles. The molecule has 0 saturated heterocycles. The van der Waals surface area contributed by atoms with Crippen molar-refractivity contribution in [2.24, 2.45) is 0 Å². The van der Waals surface area contributed by atoms with Gasteiger partial charge in [0.05, 0.1) is 13.5 Å². The van der Waals surface area contributed by atoms with Crippen LogP contribution in [0.1, 0.15) is 22.3 Å². The Labute approximate surface area is 135 Å². The summed E-state index contributed by atoms with van der Waals surface area (Å²) in [6.45, 7) is 0.532. The summed E-state index contributed by atoms with van der Waals surface area (Å²) in [5.41, 5.74) is 1.32. The fourth-order valence-electron chi connectivity index (χ4n) is 2.02. The molecule has 0 fully saturated rings. The van der Waals surface area contributed by atoms with Crippen LogP contribution >= 0.6 is 0 Å². The van der Waals surface area contributed by atoms with Gasteiger partial charge in [-0.25, -0.2) is 0 Å². The maximum absolute atomic E-state index is 12.2. The number of carbonyl (C=O) groups is 2. The molecule has 23 heavy (non-hydrogen) atoms. The Hall–Kier alpha value is -2.82. The Kier molecular flexibility index (Phi) is 6.17. The highest BCUT2D eigenvalue weighted by molar-refractivity contribution is 5.95. The summed E-state index contributed by atoms with van der Waals surface area (Å²) in [6, 6.07) is 16.6. The van der Waals surface area contributed by atoms with Gasteiger partial charge in [0.15, 0.2) is 0 Å². The first kappa shape index (κ1) is 16.5. The minimum atomic E-state index is -0.356. The summed E-state index contributed by atoms with van der Waals surface area (Å²) in [4.78, 5) is 23.3. The van der Waals surface area contributed by atoms with Crippen molar-refractivity contribution in [3.8, 4) is 5.75 Å². The highest BCUT2D eigenvalue weighted by atomic mass is 16.5. The summed E-state index contributed by atoms with van der Waals surface area (Å²) in [5, 5.41) is 2.71. The topological polar surface area (TPSA) is 64.6 Å². The number of amides is 1. The van der Waals surface area contributed by atoms with Crippen LogP contribution in [0.25, 0.3) is 0 Å². The average molecular weight is 313 g/mol. The molecular formula is C18H19NO4. The van der Waals surface area contributed by atoms with Gasteiger partial charge >= 0.3 is 5.97 Å². The lowest BCUT2D eigenvalue weighted by Gasteiger charge is -2.11. The van der Waals surface area contributed by atoms with E-state index >= 15 is 0 Å². The highest BCUT2D eigenvalue weighted by Gasteiger charge is 2.11. The molecule has 0 heterocycles. The van der Waals surface area contributed by atoms with Crippen LogP contribution in [-0.2, 0) is 16.1 Å². The van der Waals surface area contributed by atoms with Crippen LogP contribution in [0.2, 0.25) is 0 Å². The molecule has 5 nitrogen and oxygen atoms in total. The average Bonchev–Trinajstić information content (AvgIpc) is 2.60. The van der Waals surface area contributed by atoms with Gasteiger partial charge in [-0.15, -0.1) is 0 Å². The molecule has 0 saturated carbocycles. The number of esters is 1. The molecule has 5 heteroatoms. The van der Waals surface area contributed by atoms with Gasteiger partial charge in [0.25, 0.3) is 5.91 Å². The van der Waals surface area contributed by atoms with E-state index in [1.54, 1.807) is 12.1 Å². The Morgan fingerprint density at radius 3 is 2.43 bits per heavy atom. The van der Waals surface area contributed by atoms with Crippen molar-refractivity contribution in [3.63, 3.8) is 0 Å². The van der Waals surface area contributed by atoms with Gasteiger partial charge in [-0.1, -0.05) is 36.4 Å². The van der Waals surface area contributed by atoms with Crippen LogP contribution in [0.15, 0.2) is 54.6 Å². The van der Waals surface area contributed by atoms with Gasteiger partial charge in [-0.05, 0) is 18.2 Å². The molecule has 0 aliphatic carbocycles. The molecule has 120 valence electrons. The van der Waals surface area contributed by atoms with Gasteiger partial charge in [0, 0.05) is 17.7 Å². The van der Waals surface area contributed by atoms with Crippen molar-refractivity contribution >= 4 is 11.9 Å². The molecule has 0 unspecified atom stereocenters. The van der Waals surface area contributed by atoms with Crippen LogP contribution in [0.3, 0.4) is 0 Å². The smallest absolute Gasteiger partial charge is 0.307 e. The molecule has 0 aliphatic rings. The van der Waals surface area contributed by atoms with Crippen molar-refractivity contribution in [2.75, 3.05) is 13.7 Å². The number of ether oxygens (including phenoxy) is 2. The first-order valence-corrected chi connectivity index (χ1v) is 7.31. The van der Waals surface area contributed by atoms with Gasteiger partial charge < -0.3 is 14.8 Å². The van der Waals surface area contributed by atoms with E-state index in [0.29, 0.717) is 12.2 Å². The van der Waals surface area contributed by atoms with E-state index in [1.807, 2.05) is 42.5 Å². The van der Waals surface area contributed by atoms with Crippen LogP contribution in [0.5, 0.6) is 5.75 Å². The third kappa shape index (κ3) is 5.14. The first-order chi connectivity index (χ1) is 11.2. The first-order valence-electron chi connectivity index (χ1n) is 7.31. The number of rotatable bonds is 7. The molecule has 2 aromatic carbocycles. The van der Waals surface area contributed by atoms with Crippen LogP contribution in [0, 0.1) is 0 Å². The minimum Gasteiger partial charge on any atom is -0.489 e. The zero-order valence-corrected chi connectivity index (χ0v) is 13.0. The van der Waals surface area contributed by atoms with E-state index in [9.17, 15) is 9.59 Å². The number of hydrogen-bond donors (Lipinski definition) is 1. The van der Waals surface area contributed by atoms with Gasteiger partial charge in [-0.3, -0.25) is 9.59 Å². The van der Waals surface area contributed by atoms with Crippen LogP contribution in [-0.4, -0.2) is 25.5 Å². The second-order valence-electron chi connectivity index (χ2n) is 4.84. The van der Waals surface area contributed by atoms with E-state index < -0.39 is 0 Å². The summed E-state index contributed by atoms with van der Waals surface area (Å²) in [6.07, 6.45) is 0.144. The summed E-state index contributed by atoms with van der Waals surface area (Å²) >= 11 is 0. The van der Waals surface area contributed by atoms with Gasteiger partial charge in [0.2, 0.25) is 0 Å². The molecule has 1 N–H and O–H groups in total. The van der Waals surface area contributed by atoms with E-state index in [2.05, 4.69) is 10.1 Å². The number of nitrogens with one attached hydrogen (secondary N) is 1. The maximum atomic E-state index is 12.2. The number of para-hydroxylation sites is 1. The molecule has 2 aromatic rings. The Balaban J connectivity index is 1.96. The van der Waals surface area contributed by atoms with E-state index in [-0.39, 0.29) is 24.8 Å². The van der Waals surface area contributed by atoms with Crippen LogP contribution in [0.4, 0.5) is 0 Å². The third-order valence-electron chi connectivity index (χ3n) is 3.24. The number of benzene rings is 2. The monoisotopic (exact) mass is 313 g/mol. The lowest BCUT2D eigenvalue weighted by Crippen LogP contribution is -2.27.